The van der Waals surface area contributed by atoms with E-state index < -0.39 is 35.7 Å². The Morgan fingerprint density at radius 2 is 2.00 bits per heavy atom. The Morgan fingerprint density at radius 1 is 1.34 bits per heavy atom. The Morgan fingerprint density at radius 3 is 2.59 bits per heavy atom. The first-order valence-corrected chi connectivity index (χ1v) is 9.58. The minimum Gasteiger partial charge on any atom is -0.365 e. The van der Waals surface area contributed by atoms with E-state index in [0.717, 1.165) is 22.4 Å². The molecule has 2 aromatic rings. The molecule has 0 unspecified atom stereocenters. The molecular formula is C18H21F3N4O3S. The smallest absolute Gasteiger partial charge is 0.365 e. The lowest BCUT2D eigenvalue weighted by Crippen LogP contribution is -2.42. The van der Waals surface area contributed by atoms with Gasteiger partial charge < -0.3 is 15.8 Å². The van der Waals surface area contributed by atoms with Gasteiger partial charge in [-0.05, 0) is 39.3 Å². The van der Waals surface area contributed by atoms with E-state index >= 15 is 0 Å². The standard InChI is InChI=1S/C18H21F3N4O3S/c1-16(2)7-9-11(13(22)26)15(29-12(9)17(3,4)28-16)24-14(27)10-5-6-23-25(10)8-18(19,20)21/h5-6H,7-8H2,1-4H3,(H2,22,26)(H,24,27). The van der Waals surface area contributed by atoms with Gasteiger partial charge in [-0.2, -0.15) is 18.3 Å². The number of nitrogens with two attached hydrogens (primary N) is 1. The highest BCUT2D eigenvalue weighted by Crippen LogP contribution is 2.48. The zero-order valence-electron chi connectivity index (χ0n) is 16.3. The van der Waals surface area contributed by atoms with Crippen molar-refractivity contribution >= 4 is 28.2 Å². The summed E-state index contributed by atoms with van der Waals surface area (Å²) in [6.07, 6.45) is -3.02. The third-order valence-corrected chi connectivity index (χ3v) is 5.89. The highest BCUT2D eigenvalue weighted by atomic mass is 32.1. The van der Waals surface area contributed by atoms with Crippen molar-refractivity contribution in [3.63, 3.8) is 0 Å². The number of nitrogens with zero attached hydrogens (tertiary/aromatic N) is 2. The Kier molecular flexibility index (Phi) is 5.02. The van der Waals surface area contributed by atoms with Gasteiger partial charge in [0.05, 0.1) is 16.8 Å². The molecule has 0 saturated heterocycles. The summed E-state index contributed by atoms with van der Waals surface area (Å²) in [5, 5.41) is 6.28. The summed E-state index contributed by atoms with van der Waals surface area (Å²) in [6, 6.07) is 1.18. The lowest BCUT2D eigenvalue weighted by Gasteiger charge is -2.41. The lowest BCUT2D eigenvalue weighted by molar-refractivity contribution is -0.142. The number of hydrogen-bond acceptors (Lipinski definition) is 5. The van der Waals surface area contributed by atoms with E-state index in [1.54, 1.807) is 0 Å². The van der Waals surface area contributed by atoms with Gasteiger partial charge in [0, 0.05) is 17.5 Å². The number of hydrogen-bond donors (Lipinski definition) is 2. The molecule has 11 heteroatoms. The van der Waals surface area contributed by atoms with Gasteiger partial charge in [0.2, 0.25) is 0 Å². The van der Waals surface area contributed by atoms with E-state index in [2.05, 4.69) is 10.4 Å². The maximum absolute atomic E-state index is 12.7. The van der Waals surface area contributed by atoms with Crippen molar-refractivity contribution in [3.05, 3.63) is 34.0 Å². The second kappa shape index (κ2) is 6.84. The molecule has 0 saturated carbocycles. The monoisotopic (exact) mass is 430 g/mol. The van der Waals surface area contributed by atoms with Crippen LogP contribution in [0.4, 0.5) is 18.2 Å². The number of rotatable bonds is 4. The van der Waals surface area contributed by atoms with Crippen molar-refractivity contribution in [3.8, 4) is 0 Å². The molecule has 2 amide bonds. The van der Waals surface area contributed by atoms with Crippen LogP contribution in [0.25, 0.3) is 0 Å². The Labute approximate surface area is 169 Å². The van der Waals surface area contributed by atoms with Gasteiger partial charge in [0.15, 0.2) is 0 Å². The maximum Gasteiger partial charge on any atom is 0.408 e. The van der Waals surface area contributed by atoms with Crippen LogP contribution >= 0.6 is 11.3 Å². The topological polar surface area (TPSA) is 99.2 Å². The highest BCUT2D eigenvalue weighted by molar-refractivity contribution is 7.17. The minimum atomic E-state index is -4.53. The van der Waals surface area contributed by atoms with Gasteiger partial charge in [0.25, 0.3) is 11.8 Å². The normalized spacial score (nSPS) is 17.6. The van der Waals surface area contributed by atoms with Gasteiger partial charge in [-0.1, -0.05) is 0 Å². The fourth-order valence-electron chi connectivity index (χ4n) is 3.66. The summed E-state index contributed by atoms with van der Waals surface area (Å²) in [4.78, 5) is 25.6. The van der Waals surface area contributed by atoms with Crippen LogP contribution in [0, 0.1) is 0 Å². The van der Waals surface area contributed by atoms with Crippen LogP contribution in [0.15, 0.2) is 12.3 Å². The van der Waals surface area contributed by atoms with E-state index in [4.69, 9.17) is 10.5 Å². The van der Waals surface area contributed by atoms with Gasteiger partial charge in [-0.3, -0.25) is 14.3 Å². The van der Waals surface area contributed by atoms with Crippen molar-refractivity contribution in [2.75, 3.05) is 5.32 Å². The molecular weight excluding hydrogens is 409 g/mol. The number of alkyl halides is 3. The van der Waals surface area contributed by atoms with Crippen LogP contribution in [-0.2, 0) is 23.3 Å². The molecule has 7 nitrogen and oxygen atoms in total. The van der Waals surface area contributed by atoms with Gasteiger partial charge in [0.1, 0.15) is 17.2 Å². The highest BCUT2D eigenvalue weighted by Gasteiger charge is 2.43. The number of primary amides is 1. The fourth-order valence-corrected chi connectivity index (χ4v) is 4.91. The van der Waals surface area contributed by atoms with Gasteiger partial charge in [-0.15, -0.1) is 11.3 Å². The minimum absolute atomic E-state index is 0.157. The molecule has 0 bridgehead atoms. The van der Waals surface area contributed by atoms with Crippen LogP contribution in [-0.4, -0.2) is 33.4 Å². The number of anilines is 1. The largest absolute Gasteiger partial charge is 0.408 e. The molecule has 0 spiro atoms. The van der Waals surface area contributed by atoms with Crippen molar-refractivity contribution in [2.45, 2.75) is 58.0 Å². The first kappa shape index (κ1) is 21.3. The number of thiophene rings is 1. The fraction of sp³-hybridized carbons (Fsp3) is 0.500. The van der Waals surface area contributed by atoms with Crippen LogP contribution in [0.5, 0.6) is 0 Å². The van der Waals surface area contributed by atoms with Crippen molar-refractivity contribution in [2.24, 2.45) is 5.73 Å². The molecule has 0 radical (unpaired) electrons. The van der Waals surface area contributed by atoms with Crippen molar-refractivity contribution in [1.29, 1.82) is 0 Å². The van der Waals surface area contributed by atoms with E-state index in [0.29, 0.717) is 16.7 Å². The van der Waals surface area contributed by atoms with Gasteiger partial charge in [-0.25, -0.2) is 0 Å². The zero-order valence-corrected chi connectivity index (χ0v) is 17.1. The predicted octanol–water partition coefficient (Wildman–Crippen LogP) is 3.44. The number of fused-ring (bicyclic) bond motifs is 1. The molecule has 0 fully saturated rings. The maximum atomic E-state index is 12.7. The lowest BCUT2D eigenvalue weighted by atomic mass is 9.86. The summed E-state index contributed by atoms with van der Waals surface area (Å²) in [7, 11) is 0. The number of aromatic nitrogens is 2. The molecule has 3 N–H and O–H groups in total. The zero-order chi connectivity index (χ0) is 21.8. The summed E-state index contributed by atoms with van der Waals surface area (Å²) in [6.45, 7) is 6.06. The van der Waals surface area contributed by atoms with Crippen molar-refractivity contribution in [1.82, 2.24) is 9.78 Å². The molecule has 0 atom stereocenters. The number of carbonyl (C=O) groups is 2. The molecule has 1 aliphatic rings. The Bertz CT molecular complexity index is 976. The Balaban J connectivity index is 2.00. The van der Waals surface area contributed by atoms with E-state index in [9.17, 15) is 22.8 Å². The first-order chi connectivity index (χ1) is 13.2. The number of ether oxygens (including phenoxy) is 1. The molecule has 158 valence electrons. The molecule has 1 aliphatic heterocycles. The number of halogens is 3. The molecule has 3 heterocycles. The quantitative estimate of drug-likeness (QED) is 0.776. The molecule has 0 aromatic carbocycles. The Hall–Kier alpha value is -2.40. The SMILES string of the molecule is CC1(C)Cc2c(sc(NC(=O)c3ccnn3CC(F)(F)F)c2C(N)=O)C(C)(C)O1. The molecule has 0 aliphatic carbocycles. The molecule has 3 rings (SSSR count). The first-order valence-electron chi connectivity index (χ1n) is 8.76. The van der Waals surface area contributed by atoms with Crippen molar-refractivity contribution < 1.29 is 27.5 Å². The van der Waals surface area contributed by atoms with Crippen LogP contribution < -0.4 is 11.1 Å². The van der Waals surface area contributed by atoms with Gasteiger partial charge >= 0.3 is 6.18 Å². The van der Waals surface area contributed by atoms with Crippen LogP contribution in [0.3, 0.4) is 0 Å². The summed E-state index contributed by atoms with van der Waals surface area (Å²) < 4.78 is 44.8. The van der Waals surface area contributed by atoms with E-state index in [1.165, 1.54) is 6.07 Å². The summed E-state index contributed by atoms with van der Waals surface area (Å²) in [5.74, 6) is -1.54. The third-order valence-electron chi connectivity index (χ3n) is 4.44. The summed E-state index contributed by atoms with van der Waals surface area (Å²) in [5.41, 5.74) is 4.85. The van der Waals surface area contributed by atoms with Crippen LogP contribution in [0.2, 0.25) is 0 Å². The predicted molar refractivity (Wildman–Crippen MR) is 101 cm³/mol. The average molecular weight is 430 g/mol. The second-order valence-electron chi connectivity index (χ2n) is 7.97. The number of amides is 2. The van der Waals surface area contributed by atoms with E-state index in [1.807, 2.05) is 27.7 Å². The number of nitrogens with one attached hydrogen (secondary N) is 1. The number of carbonyl (C=O) groups excluding carboxylic acids is 2. The van der Waals surface area contributed by atoms with E-state index in [-0.39, 0.29) is 16.3 Å². The molecule has 2 aromatic heterocycles. The summed E-state index contributed by atoms with van der Waals surface area (Å²) >= 11 is 1.13. The molecule has 29 heavy (non-hydrogen) atoms. The van der Waals surface area contributed by atoms with Crippen LogP contribution in [0.1, 0.15) is 59.0 Å². The average Bonchev–Trinajstić information content (AvgIpc) is 3.08. The third kappa shape index (κ3) is 4.30. The second-order valence-corrected chi connectivity index (χ2v) is 8.99.